The lowest BCUT2D eigenvalue weighted by molar-refractivity contribution is 0.671. The van der Waals surface area contributed by atoms with Crippen LogP contribution in [0.5, 0.6) is 0 Å². The van der Waals surface area contributed by atoms with Crippen molar-refractivity contribution in [3.8, 4) is 44.5 Å². The highest BCUT2D eigenvalue weighted by atomic mass is 16.3. The first-order chi connectivity index (χ1) is 30.6. The first-order valence-electron chi connectivity index (χ1n) is 23.1. The topological polar surface area (TPSA) is 13.1 Å². The summed E-state index contributed by atoms with van der Waals surface area (Å²) in [4.78, 5) is 0. The molecule has 0 amide bonds. The summed E-state index contributed by atoms with van der Waals surface area (Å²) in [6, 6.07) is 18.4. The Balaban J connectivity index is 1.33. The molecule has 0 bridgehead atoms. The van der Waals surface area contributed by atoms with Crippen LogP contribution < -0.4 is 0 Å². The van der Waals surface area contributed by atoms with E-state index in [2.05, 4.69) is 0 Å². The molecule has 0 unspecified atom stereocenters. The Hall–Kier alpha value is -6.44. The Bertz CT molecular complexity index is 3620. The third-order valence-corrected chi connectivity index (χ3v) is 9.03. The molecule has 9 aromatic carbocycles. The van der Waals surface area contributed by atoms with Gasteiger partial charge >= 0.3 is 0 Å². The molecule has 0 spiro atoms. The molecule has 0 aliphatic heterocycles. The van der Waals surface area contributed by atoms with E-state index in [9.17, 15) is 6.85 Å². The molecule has 10 aromatic rings. The number of benzene rings is 9. The Morgan fingerprint density at radius 3 is 1.43 bits per heavy atom. The van der Waals surface area contributed by atoms with Crippen molar-refractivity contribution >= 4 is 54.3 Å². The first-order valence-corrected chi connectivity index (χ1v) is 15.6. The van der Waals surface area contributed by atoms with Crippen LogP contribution in [0, 0.1) is 0 Å². The average molecular weight is 638 g/mol. The molecule has 0 fully saturated rings. The largest absolute Gasteiger partial charge is 0.455 e. The summed E-state index contributed by atoms with van der Waals surface area (Å²) >= 11 is 0. The number of hydrogen-bond donors (Lipinski definition) is 0. The SMILES string of the molecule is [2H]c1c([2H])c([2H])c2c(-c3c4c([2H])c([2H])c([2H])c([2H])c4c(-c4ccc(-c5cccc6c5oc5c(-c7ccccc7)cccc56)cc4)c4c([2H])c([2H])c([2H])c([2H])c34)c([2H])c([2H])c([2H])c2c1[2H]. The fourth-order valence-corrected chi connectivity index (χ4v) is 6.87. The minimum absolute atomic E-state index is 0.0229. The number of rotatable bonds is 4. The molecule has 1 heterocycles. The second kappa shape index (κ2) is 11.1. The van der Waals surface area contributed by atoms with E-state index in [0.717, 1.165) is 27.5 Å². The smallest absolute Gasteiger partial charge is 0.143 e. The van der Waals surface area contributed by atoms with Gasteiger partial charge in [-0.3, -0.25) is 0 Å². The summed E-state index contributed by atoms with van der Waals surface area (Å²) in [5, 5.41) is -0.0125. The van der Waals surface area contributed by atoms with Crippen LogP contribution in [0.15, 0.2) is 186 Å². The zero-order valence-corrected chi connectivity index (χ0v) is 25.6. The van der Waals surface area contributed by atoms with Gasteiger partial charge in [-0.25, -0.2) is 0 Å². The van der Waals surface area contributed by atoms with Crippen molar-refractivity contribution < 1.29 is 25.0 Å². The molecule has 0 N–H and O–H groups in total. The summed E-state index contributed by atoms with van der Waals surface area (Å²) in [6.07, 6.45) is 0. The zero-order chi connectivity index (χ0) is 45.4. The maximum Gasteiger partial charge on any atom is 0.143 e. The fraction of sp³-hybridized carbons (Fsp3) is 0. The highest BCUT2D eigenvalue weighted by Crippen LogP contribution is 2.46. The lowest BCUT2D eigenvalue weighted by atomic mass is 9.84. The number of hydrogen-bond acceptors (Lipinski definition) is 1. The molecule has 10 rings (SSSR count). The average Bonchev–Trinajstić information content (AvgIpc) is 3.70. The molecule has 49 heavy (non-hydrogen) atoms. The highest BCUT2D eigenvalue weighted by molar-refractivity contribution is 6.23. The van der Waals surface area contributed by atoms with E-state index in [-0.39, 0.29) is 32.7 Å². The van der Waals surface area contributed by atoms with E-state index in [1.807, 2.05) is 66.7 Å². The maximum atomic E-state index is 9.37. The van der Waals surface area contributed by atoms with Gasteiger partial charge in [0.25, 0.3) is 0 Å². The van der Waals surface area contributed by atoms with Gasteiger partial charge in [-0.15, -0.1) is 0 Å². The van der Waals surface area contributed by atoms with E-state index in [4.69, 9.17) is 18.1 Å². The molecule has 1 nitrogen and oxygen atoms in total. The van der Waals surface area contributed by atoms with Gasteiger partial charge in [0.2, 0.25) is 0 Å². The van der Waals surface area contributed by atoms with Gasteiger partial charge in [-0.05, 0) is 65.7 Å². The number of fused-ring (bicyclic) bond motifs is 6. The van der Waals surface area contributed by atoms with Crippen LogP contribution >= 0.6 is 0 Å². The minimum atomic E-state index is -0.758. The monoisotopic (exact) mass is 637 g/mol. The van der Waals surface area contributed by atoms with E-state index in [0.29, 0.717) is 22.3 Å². The fourth-order valence-electron chi connectivity index (χ4n) is 6.87. The summed E-state index contributed by atoms with van der Waals surface area (Å²) in [5.74, 6) is 0. The highest BCUT2D eigenvalue weighted by Gasteiger charge is 2.19. The van der Waals surface area contributed by atoms with E-state index in [1.165, 1.54) is 0 Å². The van der Waals surface area contributed by atoms with Crippen molar-refractivity contribution in [3.63, 3.8) is 0 Å². The van der Waals surface area contributed by atoms with E-state index >= 15 is 0 Å². The van der Waals surface area contributed by atoms with Gasteiger partial charge in [0.05, 0.1) is 20.6 Å². The Kier molecular flexibility index (Phi) is 3.75. The van der Waals surface area contributed by atoms with Crippen LogP contribution in [-0.4, -0.2) is 0 Å². The Morgan fingerprint density at radius 2 is 0.816 bits per heavy atom. The van der Waals surface area contributed by atoms with Gasteiger partial charge in [-0.2, -0.15) is 0 Å². The second-order valence-corrected chi connectivity index (χ2v) is 11.7. The minimum Gasteiger partial charge on any atom is -0.455 e. The normalized spacial score (nSPS) is 16.0. The third-order valence-electron chi connectivity index (χ3n) is 9.03. The zero-order valence-electron chi connectivity index (χ0n) is 40.6. The van der Waals surface area contributed by atoms with Crippen LogP contribution in [0.4, 0.5) is 0 Å². The van der Waals surface area contributed by atoms with E-state index in [1.54, 1.807) is 24.3 Å². The van der Waals surface area contributed by atoms with Gasteiger partial charge in [0.1, 0.15) is 11.2 Å². The van der Waals surface area contributed by atoms with Crippen LogP contribution in [0.3, 0.4) is 0 Å². The molecule has 228 valence electrons. The van der Waals surface area contributed by atoms with Crippen molar-refractivity contribution in [1.29, 1.82) is 0 Å². The summed E-state index contributed by atoms with van der Waals surface area (Å²) < 4.78 is 141. The quantitative estimate of drug-likeness (QED) is 0.175. The van der Waals surface area contributed by atoms with Crippen LogP contribution in [-0.2, 0) is 0 Å². The summed E-state index contributed by atoms with van der Waals surface area (Å²) in [6.45, 7) is 0. The van der Waals surface area contributed by atoms with Gasteiger partial charge in [-0.1, -0.05) is 182 Å². The molecule has 0 saturated carbocycles. The van der Waals surface area contributed by atoms with Gasteiger partial charge < -0.3 is 4.42 Å². The first kappa shape index (κ1) is 16.6. The molecule has 0 aliphatic rings. The lowest BCUT2D eigenvalue weighted by Gasteiger charge is -2.19. The van der Waals surface area contributed by atoms with Crippen LogP contribution in [0.25, 0.3) is 98.8 Å². The van der Waals surface area contributed by atoms with Crippen molar-refractivity contribution in [2.75, 3.05) is 0 Å². The molecule has 0 aliphatic carbocycles. The summed E-state index contributed by atoms with van der Waals surface area (Å²) in [5.41, 5.74) is 4.24. The molecule has 1 aromatic heterocycles. The second-order valence-electron chi connectivity index (χ2n) is 11.7. The molecular formula is C48H30O. The van der Waals surface area contributed by atoms with E-state index < -0.39 is 107 Å². The maximum absolute atomic E-state index is 9.37. The Labute approximate surface area is 305 Å². The van der Waals surface area contributed by atoms with Crippen molar-refractivity contribution in [2.24, 2.45) is 0 Å². The molecule has 0 atom stereocenters. The van der Waals surface area contributed by atoms with Crippen LogP contribution in [0.2, 0.25) is 0 Å². The van der Waals surface area contributed by atoms with Crippen LogP contribution in [0.1, 0.15) is 20.6 Å². The lowest BCUT2D eigenvalue weighted by Crippen LogP contribution is -1.91. The molecule has 0 saturated heterocycles. The molecule has 1 heteroatoms. The molecule has 0 radical (unpaired) electrons. The Morgan fingerprint density at radius 1 is 0.327 bits per heavy atom. The summed E-state index contributed by atoms with van der Waals surface area (Å²) in [7, 11) is 0. The molecular weight excluding hydrogens is 593 g/mol. The van der Waals surface area contributed by atoms with Crippen molar-refractivity contribution in [1.82, 2.24) is 0 Å². The van der Waals surface area contributed by atoms with Crippen molar-refractivity contribution in [2.45, 2.75) is 0 Å². The third kappa shape index (κ3) is 4.33. The van der Waals surface area contributed by atoms with Gasteiger partial charge in [0.15, 0.2) is 0 Å². The predicted molar refractivity (Wildman–Crippen MR) is 208 cm³/mol. The van der Waals surface area contributed by atoms with Gasteiger partial charge in [0, 0.05) is 21.9 Å². The number of para-hydroxylation sites is 2. The van der Waals surface area contributed by atoms with Crippen molar-refractivity contribution in [3.05, 3.63) is 182 Å². The predicted octanol–water partition coefficient (Wildman–Crippen LogP) is 13.7. The standard InChI is InChI=1S/C48H30O/c1-2-13-32(14-3-1)36-22-11-25-43-44-26-12-23-37(48(44)49-47(36)43)33-27-29-34(30-28-33)45-39-18-6-8-20-41(39)46(42-21-9-7-19-40(42)45)38-24-10-16-31-15-4-5-17-35(31)38/h1-30H/i4D,5D,6D,7D,8D,9D,10D,15D,16D,17D,18D,19D,20D,21D,24D. The number of furan rings is 1.